The zero-order chi connectivity index (χ0) is 11.8. The Morgan fingerprint density at radius 1 is 1.18 bits per heavy atom. The van der Waals surface area contributed by atoms with E-state index in [9.17, 15) is 0 Å². The van der Waals surface area contributed by atoms with Crippen molar-refractivity contribution in [1.82, 2.24) is 15.2 Å². The number of H-pyrrole nitrogens is 1. The van der Waals surface area contributed by atoms with Gasteiger partial charge in [0.15, 0.2) is 5.65 Å². The van der Waals surface area contributed by atoms with Crippen LogP contribution in [0.25, 0.3) is 22.3 Å². The topological polar surface area (TPSA) is 41.6 Å². The van der Waals surface area contributed by atoms with Gasteiger partial charge in [-0.2, -0.15) is 5.10 Å². The highest BCUT2D eigenvalue weighted by atomic mass is 79.9. The van der Waals surface area contributed by atoms with Crippen LogP contribution in [0.15, 0.2) is 41.0 Å². The van der Waals surface area contributed by atoms with Crippen molar-refractivity contribution in [2.75, 3.05) is 0 Å². The second-order valence-electron chi connectivity index (χ2n) is 3.93. The number of aromatic nitrogens is 3. The summed E-state index contributed by atoms with van der Waals surface area (Å²) in [4.78, 5) is 4.36. The Kier molecular flexibility index (Phi) is 2.44. The van der Waals surface area contributed by atoms with Gasteiger partial charge in [-0.3, -0.25) is 5.10 Å². The number of nitrogens with one attached hydrogen (secondary N) is 1. The number of nitrogens with zero attached hydrogens (tertiary/aromatic N) is 2. The van der Waals surface area contributed by atoms with Crippen LogP contribution in [0.4, 0.5) is 0 Å². The number of rotatable bonds is 1. The number of hydrogen-bond acceptors (Lipinski definition) is 2. The molecule has 0 saturated carbocycles. The molecule has 3 aromatic rings. The van der Waals surface area contributed by atoms with Gasteiger partial charge in [-0.05, 0) is 34.5 Å². The van der Waals surface area contributed by atoms with Gasteiger partial charge in [-0.15, -0.1) is 0 Å². The molecule has 0 unspecified atom stereocenters. The van der Waals surface area contributed by atoms with E-state index in [0.717, 1.165) is 32.5 Å². The van der Waals surface area contributed by atoms with Crippen molar-refractivity contribution in [3.8, 4) is 11.3 Å². The molecule has 3 nitrogen and oxygen atoms in total. The highest BCUT2D eigenvalue weighted by molar-refractivity contribution is 9.10. The van der Waals surface area contributed by atoms with Crippen LogP contribution in [0, 0.1) is 6.92 Å². The lowest BCUT2D eigenvalue weighted by atomic mass is 10.1. The highest BCUT2D eigenvalue weighted by Crippen LogP contribution is 2.29. The van der Waals surface area contributed by atoms with Crippen LogP contribution < -0.4 is 0 Å². The normalized spacial score (nSPS) is 10.9. The number of benzene rings is 1. The van der Waals surface area contributed by atoms with E-state index in [2.05, 4.69) is 50.2 Å². The third kappa shape index (κ3) is 1.74. The molecule has 0 saturated heterocycles. The molecule has 0 aliphatic rings. The molecule has 17 heavy (non-hydrogen) atoms. The second kappa shape index (κ2) is 3.96. The van der Waals surface area contributed by atoms with E-state index in [1.165, 1.54) is 0 Å². The van der Waals surface area contributed by atoms with E-state index in [0.29, 0.717) is 0 Å². The molecule has 0 fully saturated rings. The number of hydrogen-bond donors (Lipinski definition) is 1. The molecule has 0 aliphatic heterocycles. The fraction of sp³-hybridized carbons (Fsp3) is 0.0769. The van der Waals surface area contributed by atoms with Crippen LogP contribution in [0.1, 0.15) is 5.56 Å². The van der Waals surface area contributed by atoms with Gasteiger partial charge in [0, 0.05) is 10.9 Å². The molecule has 0 atom stereocenters. The van der Waals surface area contributed by atoms with Crippen molar-refractivity contribution in [3.63, 3.8) is 0 Å². The Balaban J connectivity index is 2.32. The van der Waals surface area contributed by atoms with E-state index >= 15 is 0 Å². The lowest BCUT2D eigenvalue weighted by Gasteiger charge is -2.01. The van der Waals surface area contributed by atoms with Crippen LogP contribution in [-0.2, 0) is 0 Å². The van der Waals surface area contributed by atoms with Gasteiger partial charge in [-0.25, -0.2) is 4.98 Å². The molecule has 0 bridgehead atoms. The van der Waals surface area contributed by atoms with Gasteiger partial charge in [0.25, 0.3) is 0 Å². The van der Waals surface area contributed by atoms with E-state index in [-0.39, 0.29) is 0 Å². The van der Waals surface area contributed by atoms with E-state index in [4.69, 9.17) is 0 Å². The first kappa shape index (κ1) is 10.5. The lowest BCUT2D eigenvalue weighted by molar-refractivity contribution is 1.10. The maximum absolute atomic E-state index is 4.36. The molecule has 0 aliphatic carbocycles. The zero-order valence-corrected chi connectivity index (χ0v) is 10.8. The molecule has 1 N–H and O–H groups in total. The number of pyridine rings is 1. The number of aryl methyl sites for hydroxylation is 1. The van der Waals surface area contributed by atoms with Crippen molar-refractivity contribution in [3.05, 3.63) is 46.6 Å². The molecule has 1 aromatic carbocycles. The highest BCUT2D eigenvalue weighted by Gasteiger charge is 2.11. The molecule has 4 heteroatoms. The molecule has 2 aromatic heterocycles. The predicted molar refractivity (Wildman–Crippen MR) is 71.8 cm³/mol. The third-order valence-electron chi connectivity index (χ3n) is 2.75. The first-order valence-electron chi connectivity index (χ1n) is 5.32. The van der Waals surface area contributed by atoms with Crippen LogP contribution >= 0.6 is 15.9 Å². The second-order valence-corrected chi connectivity index (χ2v) is 4.74. The minimum absolute atomic E-state index is 0.746. The zero-order valence-electron chi connectivity index (χ0n) is 9.24. The summed E-state index contributed by atoms with van der Waals surface area (Å²) in [5, 5.41) is 8.40. The molecule has 0 radical (unpaired) electrons. The Morgan fingerprint density at radius 3 is 2.71 bits per heavy atom. The largest absolute Gasteiger partial charge is 0.275 e. The van der Waals surface area contributed by atoms with Gasteiger partial charge in [-0.1, -0.05) is 30.3 Å². The van der Waals surface area contributed by atoms with Crippen molar-refractivity contribution in [2.24, 2.45) is 0 Å². The molecular weight excluding hydrogens is 278 g/mol. The molecule has 0 spiro atoms. The van der Waals surface area contributed by atoms with Crippen molar-refractivity contribution >= 4 is 27.0 Å². The minimum Gasteiger partial charge on any atom is -0.275 e. The average Bonchev–Trinajstić information content (AvgIpc) is 2.74. The third-order valence-corrected chi connectivity index (χ3v) is 3.16. The Bertz CT molecular complexity index is 674. The Labute approximate surface area is 107 Å². The summed E-state index contributed by atoms with van der Waals surface area (Å²) in [7, 11) is 0. The smallest absolute Gasteiger partial charge is 0.182 e. The standard InChI is InChI=1S/C13H10BrN3/c1-8-7-10(14)15-13-11(8)12(16-17-13)9-5-3-2-4-6-9/h2-7H,1H3,(H,15,16,17). The lowest BCUT2D eigenvalue weighted by Crippen LogP contribution is -1.83. The Hall–Kier alpha value is -1.68. The van der Waals surface area contributed by atoms with Crippen molar-refractivity contribution in [2.45, 2.75) is 6.92 Å². The van der Waals surface area contributed by atoms with Crippen LogP contribution in [0.3, 0.4) is 0 Å². The number of fused-ring (bicyclic) bond motifs is 1. The first-order valence-corrected chi connectivity index (χ1v) is 6.11. The quantitative estimate of drug-likeness (QED) is 0.694. The van der Waals surface area contributed by atoms with Crippen LogP contribution in [-0.4, -0.2) is 15.2 Å². The number of halogens is 1. The molecular formula is C13H10BrN3. The van der Waals surface area contributed by atoms with Gasteiger partial charge in [0.2, 0.25) is 0 Å². The van der Waals surface area contributed by atoms with E-state index in [1.807, 2.05) is 24.3 Å². The summed E-state index contributed by atoms with van der Waals surface area (Å²) in [6.45, 7) is 2.07. The van der Waals surface area contributed by atoms with Gasteiger partial charge in [0.1, 0.15) is 4.60 Å². The Morgan fingerprint density at radius 2 is 1.94 bits per heavy atom. The monoisotopic (exact) mass is 287 g/mol. The minimum atomic E-state index is 0.746. The fourth-order valence-corrected chi connectivity index (χ4v) is 2.50. The summed E-state index contributed by atoms with van der Waals surface area (Å²) in [6.07, 6.45) is 0. The average molecular weight is 288 g/mol. The fourth-order valence-electron chi connectivity index (χ4n) is 1.98. The summed E-state index contributed by atoms with van der Waals surface area (Å²) in [5.74, 6) is 0. The van der Waals surface area contributed by atoms with Crippen LogP contribution in [0.5, 0.6) is 0 Å². The van der Waals surface area contributed by atoms with Crippen LogP contribution in [0.2, 0.25) is 0 Å². The van der Waals surface area contributed by atoms with E-state index < -0.39 is 0 Å². The summed E-state index contributed by atoms with van der Waals surface area (Å²) in [5.41, 5.74) is 4.06. The van der Waals surface area contributed by atoms with Crippen molar-refractivity contribution < 1.29 is 0 Å². The maximum Gasteiger partial charge on any atom is 0.182 e. The van der Waals surface area contributed by atoms with Crippen molar-refractivity contribution in [1.29, 1.82) is 0 Å². The van der Waals surface area contributed by atoms with E-state index in [1.54, 1.807) is 0 Å². The molecule has 84 valence electrons. The number of aromatic amines is 1. The first-order chi connectivity index (χ1) is 8.25. The summed E-state index contributed by atoms with van der Waals surface area (Å²) in [6, 6.07) is 12.2. The van der Waals surface area contributed by atoms with Gasteiger partial charge < -0.3 is 0 Å². The summed E-state index contributed by atoms with van der Waals surface area (Å²) < 4.78 is 0.814. The molecule has 3 rings (SSSR count). The SMILES string of the molecule is Cc1cc(Br)nc2n[nH]c(-c3ccccc3)c12. The maximum atomic E-state index is 4.36. The van der Waals surface area contributed by atoms with Gasteiger partial charge in [0.05, 0.1) is 5.69 Å². The predicted octanol–water partition coefficient (Wildman–Crippen LogP) is 3.70. The molecule has 0 amide bonds. The summed E-state index contributed by atoms with van der Waals surface area (Å²) >= 11 is 3.38. The molecule has 2 heterocycles. The van der Waals surface area contributed by atoms with Gasteiger partial charge >= 0.3 is 0 Å².